The van der Waals surface area contributed by atoms with E-state index in [1.807, 2.05) is 0 Å². The van der Waals surface area contributed by atoms with E-state index in [-0.39, 0.29) is 17.5 Å². The lowest BCUT2D eigenvalue weighted by Crippen LogP contribution is -2.67. The van der Waals surface area contributed by atoms with Crippen molar-refractivity contribution < 1.29 is 35.1 Å². The molecule has 0 bridgehead atoms. The molecule has 7 N–H and O–H groups in total. The van der Waals surface area contributed by atoms with E-state index in [4.69, 9.17) is 0 Å². The summed E-state index contributed by atoms with van der Waals surface area (Å²) in [5, 5.41) is 58.6. The van der Waals surface area contributed by atoms with Crippen molar-refractivity contribution in [3.05, 3.63) is 66.0 Å². The molecule has 1 aromatic carbocycles. The van der Waals surface area contributed by atoms with Gasteiger partial charge in [-0.2, -0.15) is 0 Å². The monoisotopic (exact) mass is 545 g/mol. The maximum absolute atomic E-state index is 13.6. The average Bonchev–Trinajstić information content (AvgIpc) is 2.94. The van der Waals surface area contributed by atoms with Gasteiger partial charge in [-0.25, -0.2) is 0 Å². The van der Waals surface area contributed by atoms with Crippen LogP contribution in [0.2, 0.25) is 0 Å². The summed E-state index contributed by atoms with van der Waals surface area (Å²) in [6, 6.07) is 9.82. The standard InChI is InChI=1S/C29H43N3O7/c1-4-10-20(11-5-2)15-16-23(31-27(37)22-14-9-17-30-18-22)28(38)32-29(39,26(36)24(34)19(3)33)25(35)21-12-7-6-8-13-21/h6-9,12-14,17-20,23-26,33-36,39H,4-5,10-11,15-16H2,1-3H3,(H,31,37)(H,32,38)/t19-,23-,24-,25?,26+,29+/m1/s1. The third kappa shape index (κ3) is 9.08. The number of amides is 2. The zero-order valence-electron chi connectivity index (χ0n) is 22.9. The smallest absolute Gasteiger partial charge is 0.253 e. The largest absolute Gasteiger partial charge is 0.391 e. The molecular weight excluding hydrogens is 502 g/mol. The molecule has 0 saturated carbocycles. The minimum atomic E-state index is -2.81. The minimum Gasteiger partial charge on any atom is -0.391 e. The molecule has 0 saturated heterocycles. The highest BCUT2D eigenvalue weighted by Gasteiger charge is 2.49. The van der Waals surface area contributed by atoms with Gasteiger partial charge >= 0.3 is 0 Å². The van der Waals surface area contributed by atoms with E-state index < -0.39 is 48.0 Å². The van der Waals surface area contributed by atoms with Crippen molar-refractivity contribution >= 4 is 11.8 Å². The first-order valence-corrected chi connectivity index (χ1v) is 13.6. The van der Waals surface area contributed by atoms with Gasteiger partial charge < -0.3 is 36.2 Å². The van der Waals surface area contributed by atoms with Gasteiger partial charge in [0.15, 0.2) is 5.72 Å². The number of hydrogen-bond donors (Lipinski definition) is 7. The van der Waals surface area contributed by atoms with Crippen molar-refractivity contribution in [2.24, 2.45) is 5.92 Å². The second kappa shape index (κ2) is 15.6. The number of carbonyl (C=O) groups excluding carboxylic acids is 2. The molecule has 216 valence electrons. The summed E-state index contributed by atoms with van der Waals surface area (Å²) in [6.45, 7) is 5.36. The van der Waals surface area contributed by atoms with Crippen LogP contribution in [-0.4, -0.2) is 72.4 Å². The fourth-order valence-corrected chi connectivity index (χ4v) is 4.66. The van der Waals surface area contributed by atoms with Gasteiger partial charge in [-0.05, 0) is 43.4 Å². The average molecular weight is 546 g/mol. The Morgan fingerprint density at radius 1 is 0.923 bits per heavy atom. The molecule has 1 aromatic heterocycles. The topological polar surface area (TPSA) is 172 Å². The summed E-state index contributed by atoms with van der Waals surface area (Å²) in [5.74, 6) is -1.10. The highest BCUT2D eigenvalue weighted by atomic mass is 16.4. The van der Waals surface area contributed by atoms with Crippen molar-refractivity contribution in [3.8, 4) is 0 Å². The first-order chi connectivity index (χ1) is 18.5. The van der Waals surface area contributed by atoms with Crippen molar-refractivity contribution in [2.45, 2.75) is 95.5 Å². The van der Waals surface area contributed by atoms with E-state index in [1.54, 1.807) is 30.3 Å². The normalized spacial score (nSPS) is 16.9. The van der Waals surface area contributed by atoms with Gasteiger partial charge in [0, 0.05) is 12.4 Å². The van der Waals surface area contributed by atoms with E-state index in [0.29, 0.717) is 12.3 Å². The van der Waals surface area contributed by atoms with Gasteiger partial charge in [0.1, 0.15) is 24.4 Å². The Kier molecular flexibility index (Phi) is 13.0. The van der Waals surface area contributed by atoms with Gasteiger partial charge in [-0.3, -0.25) is 14.6 Å². The van der Waals surface area contributed by atoms with Crippen LogP contribution in [0.4, 0.5) is 0 Å². The molecule has 6 atom stereocenters. The van der Waals surface area contributed by atoms with Gasteiger partial charge in [0.2, 0.25) is 5.91 Å². The Bertz CT molecular complexity index is 1000. The number of nitrogens with one attached hydrogen (secondary N) is 2. The molecule has 1 unspecified atom stereocenters. The summed E-state index contributed by atoms with van der Waals surface area (Å²) < 4.78 is 0. The molecular formula is C29H43N3O7. The highest BCUT2D eigenvalue weighted by molar-refractivity contribution is 5.97. The SMILES string of the molecule is CCCC(CCC)CC[C@@H](NC(=O)c1cccnc1)C(=O)N[C@](O)(C(O)c1ccccc1)[C@@H](O)[C@H](O)[C@@H](C)O. The molecule has 0 aliphatic carbocycles. The minimum absolute atomic E-state index is 0.152. The number of rotatable bonds is 16. The molecule has 10 heteroatoms. The quantitative estimate of drug-likeness (QED) is 0.157. The van der Waals surface area contributed by atoms with Crippen LogP contribution in [0.3, 0.4) is 0 Å². The maximum Gasteiger partial charge on any atom is 0.253 e. The number of nitrogens with zero attached hydrogens (tertiary/aromatic N) is 1. The molecule has 1 heterocycles. The molecule has 0 aliphatic rings. The van der Waals surface area contributed by atoms with Crippen LogP contribution in [-0.2, 0) is 4.79 Å². The predicted octanol–water partition coefficient (Wildman–Crippen LogP) is 1.82. The number of pyridine rings is 1. The molecule has 0 spiro atoms. The zero-order valence-corrected chi connectivity index (χ0v) is 22.9. The summed E-state index contributed by atoms with van der Waals surface area (Å²) in [5.41, 5.74) is -2.42. The summed E-state index contributed by atoms with van der Waals surface area (Å²) in [6.07, 6.45) is 0.108. The number of benzene rings is 1. The van der Waals surface area contributed by atoms with Crippen molar-refractivity contribution in [1.82, 2.24) is 15.6 Å². The van der Waals surface area contributed by atoms with Crippen LogP contribution in [0, 0.1) is 5.92 Å². The molecule has 2 rings (SSSR count). The molecule has 0 fully saturated rings. The number of aliphatic hydroxyl groups is 5. The molecule has 2 amide bonds. The van der Waals surface area contributed by atoms with Crippen molar-refractivity contribution in [3.63, 3.8) is 0 Å². The molecule has 39 heavy (non-hydrogen) atoms. The van der Waals surface area contributed by atoms with Gasteiger partial charge in [-0.1, -0.05) is 69.9 Å². The van der Waals surface area contributed by atoms with Crippen LogP contribution >= 0.6 is 0 Å². The number of aromatic nitrogens is 1. The lowest BCUT2D eigenvalue weighted by atomic mass is 9.88. The lowest BCUT2D eigenvalue weighted by molar-refractivity contribution is -0.210. The van der Waals surface area contributed by atoms with Gasteiger partial charge in [0.05, 0.1) is 11.7 Å². The molecule has 0 aliphatic heterocycles. The van der Waals surface area contributed by atoms with Gasteiger partial charge in [-0.15, -0.1) is 0 Å². The summed E-state index contributed by atoms with van der Waals surface area (Å²) >= 11 is 0. The van der Waals surface area contributed by atoms with E-state index in [9.17, 15) is 35.1 Å². The number of hydrogen-bond acceptors (Lipinski definition) is 8. The van der Waals surface area contributed by atoms with Crippen LogP contribution < -0.4 is 10.6 Å². The molecule has 10 nitrogen and oxygen atoms in total. The van der Waals surface area contributed by atoms with Crippen molar-refractivity contribution in [2.75, 3.05) is 0 Å². The number of carbonyl (C=O) groups is 2. The second-order valence-corrected chi connectivity index (χ2v) is 10.1. The van der Waals surface area contributed by atoms with Crippen LogP contribution in [0.15, 0.2) is 54.9 Å². The number of aliphatic hydroxyl groups excluding tert-OH is 4. The Labute approximate surface area is 230 Å². The fourth-order valence-electron chi connectivity index (χ4n) is 4.66. The highest BCUT2D eigenvalue weighted by Crippen LogP contribution is 2.30. The van der Waals surface area contributed by atoms with E-state index in [0.717, 1.165) is 25.7 Å². The van der Waals surface area contributed by atoms with E-state index >= 15 is 0 Å². The maximum atomic E-state index is 13.6. The van der Waals surface area contributed by atoms with Crippen molar-refractivity contribution in [1.29, 1.82) is 0 Å². The Hall–Kier alpha value is -2.89. The van der Waals surface area contributed by atoms with Crippen LogP contribution in [0.25, 0.3) is 0 Å². The molecule has 0 radical (unpaired) electrons. The van der Waals surface area contributed by atoms with Gasteiger partial charge in [0.25, 0.3) is 5.91 Å². The molecule has 2 aromatic rings. The van der Waals surface area contributed by atoms with Crippen LogP contribution in [0.1, 0.15) is 81.3 Å². The Balaban J connectivity index is 2.39. The first-order valence-electron chi connectivity index (χ1n) is 13.6. The fraction of sp³-hybridized carbons (Fsp3) is 0.552. The first kappa shape index (κ1) is 32.3. The van der Waals surface area contributed by atoms with E-state index in [1.165, 1.54) is 31.5 Å². The summed E-state index contributed by atoms with van der Waals surface area (Å²) in [4.78, 5) is 30.5. The zero-order chi connectivity index (χ0) is 29.0. The third-order valence-corrected chi connectivity index (χ3v) is 6.93. The second-order valence-electron chi connectivity index (χ2n) is 10.1. The predicted molar refractivity (Wildman–Crippen MR) is 146 cm³/mol. The third-order valence-electron chi connectivity index (χ3n) is 6.93. The van der Waals surface area contributed by atoms with Crippen LogP contribution in [0.5, 0.6) is 0 Å². The Morgan fingerprint density at radius 2 is 1.56 bits per heavy atom. The van der Waals surface area contributed by atoms with E-state index in [2.05, 4.69) is 29.5 Å². The Morgan fingerprint density at radius 3 is 2.10 bits per heavy atom. The lowest BCUT2D eigenvalue weighted by Gasteiger charge is -2.41. The summed E-state index contributed by atoms with van der Waals surface area (Å²) in [7, 11) is 0.